The molecule has 1 rings (SSSR count). The maximum atomic E-state index is 10.9. The van der Waals surface area contributed by atoms with Crippen LogP contribution in [-0.4, -0.2) is 49.4 Å². The lowest BCUT2D eigenvalue weighted by molar-refractivity contribution is -0.137. The first-order valence-electron chi connectivity index (χ1n) is 6.90. The van der Waals surface area contributed by atoms with Crippen molar-refractivity contribution in [1.82, 2.24) is 0 Å². The summed E-state index contributed by atoms with van der Waals surface area (Å²) in [6.07, 6.45) is 10.9. The van der Waals surface area contributed by atoms with Crippen molar-refractivity contribution in [2.24, 2.45) is 4.99 Å². The van der Waals surface area contributed by atoms with Crippen LogP contribution >= 0.6 is 11.8 Å². The fourth-order valence-electron chi connectivity index (χ4n) is 1.65. The standard InChI is InChI=1S/C17H22N2O2S/c1-19(2)15-10-8-14(9-11-15)7-5-4-6-12-18-16(13-22-3)17(20)21/h4-12,16H,13H2,1-3H3,(H,20,21)/b6-4+,7-5+,18-12?. The van der Waals surface area contributed by atoms with Crippen molar-refractivity contribution in [3.63, 3.8) is 0 Å². The average Bonchev–Trinajstić information content (AvgIpc) is 2.49. The van der Waals surface area contributed by atoms with E-state index in [1.807, 2.05) is 50.7 Å². The van der Waals surface area contributed by atoms with Crippen molar-refractivity contribution in [1.29, 1.82) is 0 Å². The van der Waals surface area contributed by atoms with Crippen LogP contribution in [0.2, 0.25) is 0 Å². The molecule has 0 bridgehead atoms. The first-order chi connectivity index (χ1) is 10.5. The van der Waals surface area contributed by atoms with Crippen LogP contribution in [0.5, 0.6) is 0 Å². The summed E-state index contributed by atoms with van der Waals surface area (Å²) in [6.45, 7) is 0. The highest BCUT2D eigenvalue weighted by Gasteiger charge is 2.13. The second-order valence-electron chi connectivity index (χ2n) is 4.84. The fourth-order valence-corrected chi connectivity index (χ4v) is 2.20. The minimum Gasteiger partial charge on any atom is -0.480 e. The molecule has 1 atom stereocenters. The molecular formula is C17H22N2O2S. The molecule has 0 aliphatic rings. The first kappa shape index (κ1) is 18.0. The Morgan fingerprint density at radius 3 is 2.50 bits per heavy atom. The highest BCUT2D eigenvalue weighted by atomic mass is 32.2. The maximum Gasteiger partial charge on any atom is 0.329 e. The summed E-state index contributed by atoms with van der Waals surface area (Å²) < 4.78 is 0. The number of benzene rings is 1. The van der Waals surface area contributed by atoms with Crippen molar-refractivity contribution in [2.75, 3.05) is 31.0 Å². The highest BCUT2D eigenvalue weighted by Crippen LogP contribution is 2.13. The number of carboxylic acid groups (broad SMARTS) is 1. The summed E-state index contributed by atoms with van der Waals surface area (Å²) in [5.41, 5.74) is 2.27. The molecule has 118 valence electrons. The topological polar surface area (TPSA) is 52.9 Å². The molecule has 5 heteroatoms. The van der Waals surface area contributed by atoms with Gasteiger partial charge in [-0.15, -0.1) is 0 Å². The second kappa shape index (κ2) is 9.84. The smallest absolute Gasteiger partial charge is 0.329 e. The molecule has 0 aliphatic heterocycles. The zero-order valence-electron chi connectivity index (χ0n) is 13.1. The van der Waals surface area contributed by atoms with Gasteiger partial charge in [-0.3, -0.25) is 4.99 Å². The van der Waals surface area contributed by atoms with E-state index in [0.717, 1.165) is 11.3 Å². The van der Waals surface area contributed by atoms with E-state index in [4.69, 9.17) is 5.11 Å². The summed E-state index contributed by atoms with van der Waals surface area (Å²) in [7, 11) is 4.02. The average molecular weight is 318 g/mol. The first-order valence-corrected chi connectivity index (χ1v) is 8.29. The Morgan fingerprint density at radius 1 is 1.27 bits per heavy atom. The Morgan fingerprint density at radius 2 is 1.95 bits per heavy atom. The van der Waals surface area contributed by atoms with Gasteiger partial charge in [0, 0.05) is 31.8 Å². The third-order valence-electron chi connectivity index (χ3n) is 2.88. The third kappa shape index (κ3) is 6.63. The number of carbonyl (C=O) groups is 1. The van der Waals surface area contributed by atoms with Crippen molar-refractivity contribution in [2.45, 2.75) is 6.04 Å². The van der Waals surface area contributed by atoms with Crippen LogP contribution in [0, 0.1) is 0 Å². The van der Waals surface area contributed by atoms with Crippen LogP contribution in [0.1, 0.15) is 5.56 Å². The van der Waals surface area contributed by atoms with E-state index in [2.05, 4.69) is 22.0 Å². The Labute approximate surface area is 136 Å². The molecule has 0 saturated heterocycles. The number of rotatable bonds is 8. The van der Waals surface area contributed by atoms with Crippen molar-refractivity contribution in [3.8, 4) is 0 Å². The van der Waals surface area contributed by atoms with E-state index < -0.39 is 12.0 Å². The van der Waals surface area contributed by atoms with Crippen molar-refractivity contribution >= 4 is 35.7 Å². The zero-order chi connectivity index (χ0) is 16.4. The van der Waals surface area contributed by atoms with Gasteiger partial charge in [0.05, 0.1) is 0 Å². The number of thioether (sulfide) groups is 1. The van der Waals surface area contributed by atoms with Gasteiger partial charge in [0.25, 0.3) is 0 Å². The van der Waals surface area contributed by atoms with E-state index in [9.17, 15) is 4.79 Å². The van der Waals surface area contributed by atoms with Crippen molar-refractivity contribution < 1.29 is 9.90 Å². The predicted octanol–water partition coefficient (Wildman–Crippen LogP) is 3.21. The number of carboxylic acids is 1. The molecule has 1 aromatic carbocycles. The molecule has 0 fully saturated rings. The fraction of sp³-hybridized carbons (Fsp3) is 0.294. The van der Waals surface area contributed by atoms with Gasteiger partial charge >= 0.3 is 5.97 Å². The normalized spacial score (nSPS) is 13.2. The molecule has 1 unspecified atom stereocenters. The van der Waals surface area contributed by atoms with Crippen LogP contribution in [0.15, 0.2) is 47.5 Å². The minimum atomic E-state index is -0.893. The number of aliphatic imine (C=N–C) groups is 1. The van der Waals surface area contributed by atoms with E-state index in [1.165, 1.54) is 18.0 Å². The van der Waals surface area contributed by atoms with E-state index >= 15 is 0 Å². The lowest BCUT2D eigenvalue weighted by Gasteiger charge is -2.11. The summed E-state index contributed by atoms with van der Waals surface area (Å²) in [4.78, 5) is 17.0. The Hall–Kier alpha value is -2.01. The number of allylic oxidation sites excluding steroid dienone is 3. The molecule has 0 aromatic heterocycles. The molecule has 0 amide bonds. The van der Waals surface area contributed by atoms with Crippen LogP contribution in [-0.2, 0) is 4.79 Å². The lowest BCUT2D eigenvalue weighted by Crippen LogP contribution is -2.20. The number of hydrogen-bond donors (Lipinski definition) is 1. The predicted molar refractivity (Wildman–Crippen MR) is 97.2 cm³/mol. The zero-order valence-corrected chi connectivity index (χ0v) is 14.0. The minimum absolute atomic E-state index is 0.480. The van der Waals surface area contributed by atoms with Gasteiger partial charge in [0.15, 0.2) is 6.04 Å². The van der Waals surface area contributed by atoms with Gasteiger partial charge in [-0.25, -0.2) is 4.79 Å². The van der Waals surface area contributed by atoms with Crippen LogP contribution in [0.4, 0.5) is 5.69 Å². The van der Waals surface area contributed by atoms with Gasteiger partial charge < -0.3 is 10.0 Å². The van der Waals surface area contributed by atoms with Gasteiger partial charge in [-0.2, -0.15) is 11.8 Å². The molecule has 1 aromatic rings. The SMILES string of the molecule is CSCC(N=C/C=C/C=C/c1ccc(N(C)C)cc1)C(=O)O. The molecule has 0 saturated carbocycles. The lowest BCUT2D eigenvalue weighted by atomic mass is 10.2. The number of hydrogen-bond acceptors (Lipinski definition) is 4. The maximum absolute atomic E-state index is 10.9. The number of anilines is 1. The van der Waals surface area contributed by atoms with E-state index in [0.29, 0.717) is 5.75 Å². The summed E-state index contributed by atoms with van der Waals surface area (Å²) in [6, 6.07) is 7.54. The van der Waals surface area contributed by atoms with Gasteiger partial charge in [0.1, 0.15) is 0 Å². The number of nitrogens with zero attached hydrogens (tertiary/aromatic N) is 2. The molecular weight excluding hydrogens is 296 g/mol. The summed E-state index contributed by atoms with van der Waals surface area (Å²) in [5, 5.41) is 8.95. The van der Waals surface area contributed by atoms with Gasteiger partial charge in [-0.05, 0) is 30.0 Å². The monoisotopic (exact) mass is 318 g/mol. The molecule has 4 nitrogen and oxygen atoms in total. The second-order valence-corrected chi connectivity index (χ2v) is 5.75. The van der Waals surface area contributed by atoms with Crippen molar-refractivity contribution in [3.05, 3.63) is 48.1 Å². The van der Waals surface area contributed by atoms with Gasteiger partial charge in [-0.1, -0.05) is 30.4 Å². The molecule has 0 aliphatic carbocycles. The Bertz CT molecular complexity index is 548. The van der Waals surface area contributed by atoms with Gasteiger partial charge in [0.2, 0.25) is 0 Å². The Balaban J connectivity index is 2.52. The third-order valence-corrected chi connectivity index (χ3v) is 3.53. The Kier molecular flexibility index (Phi) is 8.07. The largest absolute Gasteiger partial charge is 0.480 e. The molecule has 0 spiro atoms. The van der Waals surface area contributed by atoms with Crippen LogP contribution in [0.3, 0.4) is 0 Å². The highest BCUT2D eigenvalue weighted by molar-refractivity contribution is 7.98. The summed E-state index contributed by atoms with van der Waals surface area (Å²) in [5.74, 6) is -0.413. The molecule has 0 heterocycles. The van der Waals surface area contributed by atoms with E-state index in [-0.39, 0.29) is 0 Å². The summed E-state index contributed by atoms with van der Waals surface area (Å²) >= 11 is 1.47. The van der Waals surface area contributed by atoms with E-state index in [1.54, 1.807) is 6.08 Å². The van der Waals surface area contributed by atoms with Crippen LogP contribution in [0.25, 0.3) is 6.08 Å². The molecule has 22 heavy (non-hydrogen) atoms. The van der Waals surface area contributed by atoms with Crippen LogP contribution < -0.4 is 4.90 Å². The number of aliphatic carboxylic acids is 1. The molecule has 0 radical (unpaired) electrons. The molecule has 1 N–H and O–H groups in total. The quantitative estimate of drug-likeness (QED) is 0.591.